The van der Waals surface area contributed by atoms with Crippen LogP contribution < -0.4 is 0 Å². The van der Waals surface area contributed by atoms with Gasteiger partial charge >= 0.3 is 64.9 Å². The molecular weight excluding hydrogens is 483 g/mol. The van der Waals surface area contributed by atoms with Crippen LogP contribution in [0, 0.1) is 0 Å². The van der Waals surface area contributed by atoms with Crippen LogP contribution >= 0.6 is 59.9 Å². The number of rotatable bonds is 0. The molecule has 0 rings (SSSR count). The van der Waals surface area contributed by atoms with Gasteiger partial charge in [-0.1, -0.05) is 0 Å². The van der Waals surface area contributed by atoms with E-state index in [4.69, 9.17) is 0 Å². The normalized spacial score (nSPS) is 7.20. The SMILES string of the molecule is [I][V]([I])[I].[V]. The third kappa shape index (κ3) is 18.7. The van der Waals surface area contributed by atoms with Gasteiger partial charge in [0.1, 0.15) is 0 Å². The fourth-order valence-corrected chi connectivity index (χ4v) is 0. The zero-order valence-corrected chi connectivity index (χ0v) is 11.3. The van der Waals surface area contributed by atoms with Gasteiger partial charge in [-0.15, -0.1) is 0 Å². The Hall–Kier alpha value is 3.36. The van der Waals surface area contributed by atoms with Crippen LogP contribution in [0.5, 0.6) is 0 Å². The molecule has 0 saturated carbocycles. The molecule has 0 saturated heterocycles. The van der Waals surface area contributed by atoms with E-state index < -0.39 is 0 Å². The van der Waals surface area contributed by atoms with Gasteiger partial charge in [0.2, 0.25) is 0 Å². The summed E-state index contributed by atoms with van der Waals surface area (Å²) in [4.78, 5) is -0.278. The maximum Gasteiger partial charge on any atom is 0 e. The summed E-state index contributed by atoms with van der Waals surface area (Å²) in [7, 11) is 0. The summed E-state index contributed by atoms with van der Waals surface area (Å²) in [5, 5.41) is 0. The number of hydrogen-bond donors (Lipinski definition) is 0. The molecule has 5 heavy (non-hydrogen) atoms. The van der Waals surface area contributed by atoms with Crippen LogP contribution in [0.1, 0.15) is 0 Å². The molecule has 0 aliphatic heterocycles. The monoisotopic (exact) mass is 483 g/mol. The number of halogens is 3. The van der Waals surface area contributed by atoms with Crippen molar-refractivity contribution in [2.45, 2.75) is 0 Å². The second-order valence-corrected chi connectivity index (χ2v) is 35.6. The molecule has 0 aromatic heterocycles. The first-order chi connectivity index (χ1) is 1.73. The summed E-state index contributed by atoms with van der Waals surface area (Å²) in [6.45, 7) is 0. The molecule has 0 aliphatic rings. The molecule has 0 aliphatic carbocycles. The first kappa shape index (κ1) is 11.2. The van der Waals surface area contributed by atoms with E-state index in [1.165, 1.54) is 0 Å². The van der Waals surface area contributed by atoms with Crippen LogP contribution in [0.2, 0.25) is 0 Å². The van der Waals surface area contributed by atoms with E-state index >= 15 is 0 Å². The van der Waals surface area contributed by atoms with E-state index in [1.54, 1.807) is 0 Å². The minimum absolute atomic E-state index is 0. The number of hydrogen-bond acceptors (Lipinski definition) is 0. The standard InChI is InChI=1S/3HI.2V/h3*1H;;/q;;;;+3/p-3. The van der Waals surface area contributed by atoms with E-state index in [9.17, 15) is 0 Å². The Bertz CT molecular complexity index is 9.61. The average Bonchev–Trinajstić information content (AvgIpc) is 0.811. The Morgan fingerprint density at radius 2 is 1.00 bits per heavy atom. The Kier molecular flexibility index (Phi) is 16.5. The molecule has 0 atom stereocenters. The summed E-state index contributed by atoms with van der Waals surface area (Å²) in [5.74, 6) is 0. The van der Waals surface area contributed by atoms with Crippen LogP contribution in [0.25, 0.3) is 0 Å². The van der Waals surface area contributed by atoms with Crippen LogP contribution in [0.15, 0.2) is 0 Å². The molecule has 0 amide bonds. The first-order valence-corrected chi connectivity index (χ1v) is 14.0. The molecule has 0 spiro atoms. The molecule has 0 nitrogen and oxygen atoms in total. The molecule has 0 aromatic rings. The van der Waals surface area contributed by atoms with Crippen molar-refractivity contribution in [3.8, 4) is 0 Å². The smallest absolute Gasteiger partial charge is 0 e. The molecule has 0 bridgehead atoms. The summed E-state index contributed by atoms with van der Waals surface area (Å²) in [5.41, 5.74) is 0. The Morgan fingerprint density at radius 1 is 1.00 bits per heavy atom. The zero-order chi connectivity index (χ0) is 3.58. The first-order valence-electron chi connectivity index (χ1n) is 0.507. The molecule has 1 radical (unpaired) electrons. The maximum atomic E-state index is 2.46. The third-order valence-corrected chi connectivity index (χ3v) is 0. The van der Waals surface area contributed by atoms with Gasteiger partial charge < -0.3 is 0 Å². The van der Waals surface area contributed by atoms with E-state index in [0.29, 0.717) is 0 Å². The Labute approximate surface area is 81.2 Å². The second kappa shape index (κ2) is 7.36. The summed E-state index contributed by atoms with van der Waals surface area (Å²) in [6.07, 6.45) is 0. The van der Waals surface area contributed by atoms with E-state index in [1.807, 2.05) is 0 Å². The fraction of sp³-hybridized carbons (Fsp3) is 0. The predicted molar refractivity (Wildman–Crippen MR) is 42.1 cm³/mol. The van der Waals surface area contributed by atoms with E-state index in [0.717, 1.165) is 0 Å². The van der Waals surface area contributed by atoms with Crippen molar-refractivity contribution in [3.63, 3.8) is 0 Å². The topological polar surface area (TPSA) is 0 Å². The van der Waals surface area contributed by atoms with E-state index in [-0.39, 0.29) is 23.5 Å². The summed E-state index contributed by atoms with van der Waals surface area (Å²) >= 11 is 7.39. The molecule has 31 valence electrons. The van der Waals surface area contributed by atoms with Crippen molar-refractivity contribution in [1.29, 1.82) is 0 Å². The molecule has 0 heterocycles. The van der Waals surface area contributed by atoms with Gasteiger partial charge in [-0.3, -0.25) is 0 Å². The minimum atomic E-state index is -0.278. The molecule has 5 heteroatoms. The third-order valence-electron chi connectivity index (χ3n) is 0. The molecular formula is I3V2. The van der Waals surface area contributed by atoms with Gasteiger partial charge in [-0.05, 0) is 0 Å². The van der Waals surface area contributed by atoms with Gasteiger partial charge in [-0.25, -0.2) is 0 Å². The molecule has 0 unspecified atom stereocenters. The zero-order valence-electron chi connectivity index (χ0n) is 2.03. The van der Waals surface area contributed by atoms with Gasteiger partial charge in [0.05, 0.1) is 0 Å². The summed E-state index contributed by atoms with van der Waals surface area (Å²) < 4.78 is 0. The van der Waals surface area contributed by atoms with Crippen molar-refractivity contribution < 1.29 is 23.5 Å². The van der Waals surface area contributed by atoms with Crippen molar-refractivity contribution in [2.75, 3.05) is 0 Å². The van der Waals surface area contributed by atoms with Crippen molar-refractivity contribution in [1.82, 2.24) is 0 Å². The van der Waals surface area contributed by atoms with Gasteiger partial charge in [0, 0.05) is 18.6 Å². The average molecular weight is 483 g/mol. The molecule has 0 N–H and O–H groups in total. The van der Waals surface area contributed by atoms with E-state index in [2.05, 4.69) is 59.9 Å². The largest absolute Gasteiger partial charge is 0 e. The van der Waals surface area contributed by atoms with Crippen molar-refractivity contribution in [3.05, 3.63) is 0 Å². The van der Waals surface area contributed by atoms with Crippen LogP contribution in [-0.2, 0) is 23.5 Å². The maximum absolute atomic E-state index is 2.46. The molecule has 0 aromatic carbocycles. The Balaban J connectivity index is 0. The van der Waals surface area contributed by atoms with Gasteiger partial charge in [0.25, 0.3) is 0 Å². The van der Waals surface area contributed by atoms with Crippen molar-refractivity contribution in [2.24, 2.45) is 0 Å². The predicted octanol–water partition coefficient (Wildman–Crippen LogP) is 2.65. The fourth-order valence-electron chi connectivity index (χ4n) is 0. The summed E-state index contributed by atoms with van der Waals surface area (Å²) in [6, 6.07) is 0. The van der Waals surface area contributed by atoms with Crippen LogP contribution in [0.3, 0.4) is 0 Å². The van der Waals surface area contributed by atoms with Gasteiger partial charge in [-0.2, -0.15) is 0 Å². The minimum Gasteiger partial charge on any atom is 0 e. The quantitative estimate of drug-likeness (QED) is 0.466. The van der Waals surface area contributed by atoms with Crippen molar-refractivity contribution >= 4 is 59.9 Å². The van der Waals surface area contributed by atoms with Crippen LogP contribution in [-0.4, -0.2) is 0 Å². The molecule has 0 fully saturated rings. The Morgan fingerprint density at radius 3 is 1.00 bits per heavy atom. The van der Waals surface area contributed by atoms with Gasteiger partial charge in [0.15, 0.2) is 0 Å². The van der Waals surface area contributed by atoms with Crippen LogP contribution in [0.4, 0.5) is 0 Å². The second-order valence-electron chi connectivity index (χ2n) is 0.192.